The minimum Gasteiger partial charge on any atom is -0.383 e. The molecule has 0 fully saturated rings. The van der Waals surface area contributed by atoms with Gasteiger partial charge < -0.3 is 4.90 Å². The Morgan fingerprint density at radius 3 is 2.94 bits per heavy atom. The maximum atomic E-state index is 12.0. The first-order valence-electron chi connectivity index (χ1n) is 5.96. The van der Waals surface area contributed by atoms with Gasteiger partial charge in [0.2, 0.25) is 5.78 Å². The van der Waals surface area contributed by atoms with Crippen LogP contribution >= 0.6 is 0 Å². The molecule has 4 heteroatoms. The summed E-state index contributed by atoms with van der Waals surface area (Å²) in [4.78, 5) is 18.1. The van der Waals surface area contributed by atoms with Crippen molar-refractivity contribution < 1.29 is 4.79 Å². The molecule has 0 atom stereocenters. The quantitative estimate of drug-likeness (QED) is 0.610. The lowest BCUT2D eigenvalue weighted by Gasteiger charge is -2.03. The van der Waals surface area contributed by atoms with Crippen molar-refractivity contribution in [3.63, 3.8) is 0 Å². The van der Waals surface area contributed by atoms with Crippen LogP contribution in [0.2, 0.25) is 0 Å². The van der Waals surface area contributed by atoms with Crippen molar-refractivity contribution in [2.75, 3.05) is 14.1 Å². The van der Waals surface area contributed by atoms with Crippen LogP contribution in [0.4, 0.5) is 0 Å². The Hall–Kier alpha value is -2.10. The van der Waals surface area contributed by atoms with Gasteiger partial charge >= 0.3 is 0 Å². The average Bonchev–Trinajstić information content (AvgIpc) is 2.78. The molecule has 18 heavy (non-hydrogen) atoms. The maximum Gasteiger partial charge on any atom is 0.205 e. The molecule has 2 aromatic heterocycles. The third kappa shape index (κ3) is 2.42. The molecule has 2 heterocycles. The highest BCUT2D eigenvalue weighted by Gasteiger charge is 2.09. The zero-order valence-electron chi connectivity index (χ0n) is 10.9. The molecule has 0 bridgehead atoms. The summed E-state index contributed by atoms with van der Waals surface area (Å²) >= 11 is 0. The minimum atomic E-state index is -0.0413. The Balaban J connectivity index is 2.37. The molecule has 2 rings (SSSR count). The van der Waals surface area contributed by atoms with Crippen LogP contribution < -0.4 is 0 Å². The van der Waals surface area contributed by atoms with Gasteiger partial charge in [-0.1, -0.05) is 6.92 Å². The van der Waals surface area contributed by atoms with Crippen molar-refractivity contribution in [1.82, 2.24) is 14.3 Å². The van der Waals surface area contributed by atoms with E-state index < -0.39 is 0 Å². The van der Waals surface area contributed by atoms with Crippen molar-refractivity contribution in [1.29, 1.82) is 0 Å². The van der Waals surface area contributed by atoms with E-state index in [0.29, 0.717) is 5.69 Å². The largest absolute Gasteiger partial charge is 0.383 e. The van der Waals surface area contributed by atoms with Gasteiger partial charge in [0.05, 0.1) is 6.20 Å². The number of aryl methyl sites for hydroxylation is 1. The average molecular weight is 243 g/mol. The standard InChI is InChI=1S/C14H17N3O/c1-4-11-5-8-17-12(10-15-14(17)9-11)13(18)6-7-16(2)3/h5-10H,4H2,1-3H3. The number of pyridine rings is 1. The summed E-state index contributed by atoms with van der Waals surface area (Å²) in [6.45, 7) is 2.10. The summed E-state index contributed by atoms with van der Waals surface area (Å²) in [5.74, 6) is -0.0413. The van der Waals surface area contributed by atoms with Gasteiger partial charge in [-0.2, -0.15) is 0 Å². The van der Waals surface area contributed by atoms with Gasteiger partial charge in [0, 0.05) is 32.6 Å². The van der Waals surface area contributed by atoms with Crippen LogP contribution in [0.25, 0.3) is 5.65 Å². The van der Waals surface area contributed by atoms with E-state index in [2.05, 4.69) is 11.9 Å². The Morgan fingerprint density at radius 2 is 2.28 bits per heavy atom. The zero-order chi connectivity index (χ0) is 13.1. The number of imidazole rings is 1. The van der Waals surface area contributed by atoms with Crippen LogP contribution in [0.3, 0.4) is 0 Å². The third-order valence-electron chi connectivity index (χ3n) is 2.76. The number of fused-ring (bicyclic) bond motifs is 1. The molecule has 0 aliphatic carbocycles. The number of allylic oxidation sites excluding steroid dienone is 1. The van der Waals surface area contributed by atoms with E-state index in [1.807, 2.05) is 41.7 Å². The smallest absolute Gasteiger partial charge is 0.205 e. The molecule has 0 saturated heterocycles. The second-order valence-corrected chi connectivity index (χ2v) is 4.40. The minimum absolute atomic E-state index is 0.0413. The van der Waals surface area contributed by atoms with E-state index in [0.717, 1.165) is 12.1 Å². The lowest BCUT2D eigenvalue weighted by Crippen LogP contribution is -2.05. The second-order valence-electron chi connectivity index (χ2n) is 4.40. The van der Waals surface area contributed by atoms with Crippen molar-refractivity contribution in [3.8, 4) is 0 Å². The molecule has 0 unspecified atom stereocenters. The third-order valence-corrected chi connectivity index (χ3v) is 2.76. The van der Waals surface area contributed by atoms with Crippen molar-refractivity contribution in [2.45, 2.75) is 13.3 Å². The van der Waals surface area contributed by atoms with Crippen molar-refractivity contribution >= 4 is 11.4 Å². The van der Waals surface area contributed by atoms with Gasteiger partial charge in [0.1, 0.15) is 11.3 Å². The van der Waals surface area contributed by atoms with Gasteiger partial charge in [0.15, 0.2) is 0 Å². The van der Waals surface area contributed by atoms with Gasteiger partial charge in [0.25, 0.3) is 0 Å². The SMILES string of the molecule is CCc1ccn2c(C(=O)C=CN(C)C)cnc2c1. The van der Waals surface area contributed by atoms with Crippen LogP contribution in [0, 0.1) is 0 Å². The summed E-state index contributed by atoms with van der Waals surface area (Å²) in [5, 5.41) is 0. The molecule has 0 saturated carbocycles. The number of hydrogen-bond donors (Lipinski definition) is 0. The first-order valence-corrected chi connectivity index (χ1v) is 5.96. The Morgan fingerprint density at radius 1 is 1.50 bits per heavy atom. The Kier molecular flexibility index (Phi) is 3.46. The molecule has 0 aromatic carbocycles. The summed E-state index contributed by atoms with van der Waals surface area (Å²) < 4.78 is 1.82. The first-order chi connectivity index (χ1) is 8.61. The van der Waals surface area contributed by atoms with Gasteiger partial charge in [-0.25, -0.2) is 4.98 Å². The molecular formula is C14H17N3O. The van der Waals surface area contributed by atoms with Gasteiger partial charge in [-0.05, 0) is 24.1 Å². The fourth-order valence-corrected chi connectivity index (χ4v) is 1.73. The van der Waals surface area contributed by atoms with E-state index in [4.69, 9.17) is 0 Å². The van der Waals surface area contributed by atoms with Crippen LogP contribution in [0.1, 0.15) is 23.0 Å². The summed E-state index contributed by atoms with van der Waals surface area (Å²) in [5.41, 5.74) is 2.62. The second kappa shape index (κ2) is 5.04. The van der Waals surface area contributed by atoms with E-state index in [1.54, 1.807) is 18.5 Å². The highest BCUT2D eigenvalue weighted by atomic mass is 16.1. The Bertz CT molecular complexity index is 596. The van der Waals surface area contributed by atoms with Crippen molar-refractivity contribution in [3.05, 3.63) is 48.1 Å². The van der Waals surface area contributed by atoms with Gasteiger partial charge in [-0.15, -0.1) is 0 Å². The van der Waals surface area contributed by atoms with E-state index in [9.17, 15) is 4.79 Å². The lowest BCUT2D eigenvalue weighted by atomic mass is 10.2. The number of carbonyl (C=O) groups is 1. The molecule has 0 N–H and O–H groups in total. The van der Waals surface area contributed by atoms with Crippen molar-refractivity contribution in [2.24, 2.45) is 0 Å². The normalized spacial score (nSPS) is 11.3. The van der Waals surface area contributed by atoms with E-state index >= 15 is 0 Å². The number of rotatable bonds is 4. The number of carbonyl (C=O) groups excluding carboxylic acids is 1. The van der Waals surface area contributed by atoms with Crippen LogP contribution in [0.15, 0.2) is 36.8 Å². The van der Waals surface area contributed by atoms with E-state index in [-0.39, 0.29) is 5.78 Å². The molecule has 2 aromatic rings. The summed E-state index contributed by atoms with van der Waals surface area (Å²) in [7, 11) is 3.76. The molecule has 0 spiro atoms. The predicted octanol–water partition coefficient (Wildman–Crippen LogP) is 2.15. The van der Waals surface area contributed by atoms with Crippen LogP contribution in [0.5, 0.6) is 0 Å². The number of aromatic nitrogens is 2. The van der Waals surface area contributed by atoms with E-state index in [1.165, 1.54) is 5.56 Å². The fourth-order valence-electron chi connectivity index (χ4n) is 1.73. The summed E-state index contributed by atoms with van der Waals surface area (Å²) in [6.07, 6.45) is 7.78. The predicted molar refractivity (Wildman–Crippen MR) is 71.7 cm³/mol. The fraction of sp³-hybridized carbons (Fsp3) is 0.286. The molecular weight excluding hydrogens is 226 g/mol. The van der Waals surface area contributed by atoms with Crippen LogP contribution in [-0.4, -0.2) is 34.2 Å². The topological polar surface area (TPSA) is 37.6 Å². The number of hydrogen-bond acceptors (Lipinski definition) is 3. The lowest BCUT2D eigenvalue weighted by molar-refractivity contribution is 0.104. The highest BCUT2D eigenvalue weighted by Crippen LogP contribution is 2.11. The zero-order valence-corrected chi connectivity index (χ0v) is 10.9. The molecule has 4 nitrogen and oxygen atoms in total. The number of ketones is 1. The Labute approximate surface area is 107 Å². The molecule has 0 amide bonds. The number of nitrogens with zero attached hydrogens (tertiary/aromatic N) is 3. The molecule has 94 valence electrons. The molecule has 0 radical (unpaired) electrons. The van der Waals surface area contributed by atoms with Gasteiger partial charge in [-0.3, -0.25) is 9.20 Å². The highest BCUT2D eigenvalue weighted by molar-refractivity contribution is 6.03. The molecule has 0 aliphatic rings. The monoisotopic (exact) mass is 243 g/mol. The molecule has 0 aliphatic heterocycles. The maximum absolute atomic E-state index is 12.0. The first kappa shape index (κ1) is 12.4. The summed E-state index contributed by atoms with van der Waals surface area (Å²) in [6, 6.07) is 4.02. The van der Waals surface area contributed by atoms with Crippen LogP contribution in [-0.2, 0) is 6.42 Å².